The molecule has 1 saturated heterocycles. The first-order valence-corrected chi connectivity index (χ1v) is 11.2. The lowest BCUT2D eigenvalue weighted by Gasteiger charge is -2.23. The normalized spacial score (nSPS) is 18.7. The molecule has 25 heavy (non-hydrogen) atoms. The molecule has 1 heterocycles. The molecule has 1 aliphatic heterocycles. The highest BCUT2D eigenvalue weighted by Crippen LogP contribution is 2.41. The SMILES string of the molecule is O=S(=O)(c1ccc2ccccc2c1)N1CCS[C@H]1c1ccc(Br)cc1. The van der Waals surface area contributed by atoms with Crippen molar-refractivity contribution in [3.63, 3.8) is 0 Å². The van der Waals surface area contributed by atoms with Gasteiger partial charge in [-0.2, -0.15) is 4.31 Å². The summed E-state index contributed by atoms with van der Waals surface area (Å²) < 4.78 is 29.1. The smallest absolute Gasteiger partial charge is 0.207 e. The molecule has 3 aromatic carbocycles. The molecule has 0 saturated carbocycles. The zero-order valence-corrected chi connectivity index (χ0v) is 16.5. The van der Waals surface area contributed by atoms with Gasteiger partial charge in [0.2, 0.25) is 10.0 Å². The second-order valence-corrected chi connectivity index (χ2v) is 9.89. The minimum atomic E-state index is -3.54. The van der Waals surface area contributed by atoms with E-state index in [4.69, 9.17) is 0 Å². The van der Waals surface area contributed by atoms with E-state index >= 15 is 0 Å². The van der Waals surface area contributed by atoms with Gasteiger partial charge in [-0.3, -0.25) is 0 Å². The minimum absolute atomic E-state index is 0.176. The molecule has 0 unspecified atom stereocenters. The number of fused-ring (bicyclic) bond motifs is 1. The summed E-state index contributed by atoms with van der Waals surface area (Å²) in [5.74, 6) is 0.799. The van der Waals surface area contributed by atoms with Gasteiger partial charge in [0.15, 0.2) is 0 Å². The molecule has 3 aromatic rings. The first-order valence-electron chi connectivity index (χ1n) is 7.93. The fourth-order valence-electron chi connectivity index (χ4n) is 3.05. The van der Waals surface area contributed by atoms with Crippen LogP contribution in [0.5, 0.6) is 0 Å². The Morgan fingerprint density at radius 1 is 0.960 bits per heavy atom. The van der Waals surface area contributed by atoms with Crippen LogP contribution in [-0.4, -0.2) is 25.0 Å². The summed E-state index contributed by atoms with van der Waals surface area (Å²) in [5, 5.41) is 1.81. The predicted molar refractivity (Wildman–Crippen MR) is 107 cm³/mol. The number of sulfonamides is 1. The van der Waals surface area contributed by atoms with Crippen LogP contribution in [0.3, 0.4) is 0 Å². The van der Waals surface area contributed by atoms with Gasteiger partial charge in [-0.15, -0.1) is 11.8 Å². The van der Waals surface area contributed by atoms with E-state index < -0.39 is 10.0 Å². The van der Waals surface area contributed by atoms with Gasteiger partial charge in [0, 0.05) is 16.8 Å². The van der Waals surface area contributed by atoms with E-state index in [9.17, 15) is 8.42 Å². The third-order valence-electron chi connectivity index (χ3n) is 4.33. The summed E-state index contributed by atoms with van der Waals surface area (Å²) in [5.41, 5.74) is 1.01. The van der Waals surface area contributed by atoms with Crippen LogP contribution >= 0.6 is 27.7 Å². The lowest BCUT2D eigenvalue weighted by Crippen LogP contribution is -2.30. The number of halogens is 1. The Hall–Kier alpha value is -1.34. The van der Waals surface area contributed by atoms with E-state index in [-0.39, 0.29) is 5.37 Å². The van der Waals surface area contributed by atoms with Crippen molar-refractivity contribution in [1.29, 1.82) is 0 Å². The van der Waals surface area contributed by atoms with Crippen molar-refractivity contribution in [2.24, 2.45) is 0 Å². The van der Waals surface area contributed by atoms with Crippen molar-refractivity contribution in [2.45, 2.75) is 10.3 Å². The number of rotatable bonds is 3. The largest absolute Gasteiger partial charge is 0.244 e. The monoisotopic (exact) mass is 433 g/mol. The number of nitrogens with zero attached hydrogens (tertiary/aromatic N) is 1. The zero-order valence-electron chi connectivity index (χ0n) is 13.3. The Morgan fingerprint density at radius 2 is 1.68 bits per heavy atom. The zero-order chi connectivity index (χ0) is 17.4. The summed E-state index contributed by atoms with van der Waals surface area (Å²) in [4.78, 5) is 0.357. The van der Waals surface area contributed by atoms with Gasteiger partial charge in [-0.1, -0.05) is 58.4 Å². The summed E-state index contributed by atoms with van der Waals surface area (Å²) in [6.07, 6.45) is 0. The maximum atomic E-state index is 13.2. The standard InChI is InChI=1S/C19H16BrNO2S2/c20-17-8-5-15(6-9-17)19-21(11-12-24-19)25(22,23)18-10-7-14-3-1-2-4-16(14)13-18/h1-10,13,19H,11-12H2/t19-/m0/s1. The maximum absolute atomic E-state index is 13.2. The molecule has 0 N–H and O–H groups in total. The van der Waals surface area contributed by atoms with Crippen LogP contribution in [0.25, 0.3) is 10.8 Å². The van der Waals surface area contributed by atoms with Crippen LogP contribution < -0.4 is 0 Å². The molecular weight excluding hydrogens is 418 g/mol. The number of benzene rings is 3. The number of thioether (sulfide) groups is 1. The minimum Gasteiger partial charge on any atom is -0.207 e. The van der Waals surface area contributed by atoms with Crippen molar-refractivity contribution < 1.29 is 8.42 Å². The molecule has 3 nitrogen and oxygen atoms in total. The molecule has 0 bridgehead atoms. The molecule has 1 atom stereocenters. The van der Waals surface area contributed by atoms with Crippen LogP contribution in [0.15, 0.2) is 76.1 Å². The fourth-order valence-corrected chi connectivity index (χ4v) is 6.60. The van der Waals surface area contributed by atoms with Gasteiger partial charge >= 0.3 is 0 Å². The average Bonchev–Trinajstić information content (AvgIpc) is 3.12. The number of hydrogen-bond donors (Lipinski definition) is 0. The Balaban J connectivity index is 1.73. The lowest BCUT2D eigenvalue weighted by molar-refractivity contribution is 0.434. The van der Waals surface area contributed by atoms with E-state index in [0.29, 0.717) is 11.4 Å². The quantitative estimate of drug-likeness (QED) is 0.580. The van der Waals surface area contributed by atoms with Crippen LogP contribution in [0.4, 0.5) is 0 Å². The summed E-state index contributed by atoms with van der Waals surface area (Å²) in [7, 11) is -3.54. The Bertz CT molecular complexity index is 1020. The molecule has 0 aromatic heterocycles. The van der Waals surface area contributed by atoms with Gasteiger partial charge in [0.1, 0.15) is 0 Å². The molecule has 6 heteroatoms. The topological polar surface area (TPSA) is 37.4 Å². The first-order chi connectivity index (χ1) is 12.1. The third kappa shape index (κ3) is 3.24. The summed E-state index contributed by atoms with van der Waals surface area (Å²) in [6.45, 7) is 0.528. The van der Waals surface area contributed by atoms with Crippen LogP contribution in [0.2, 0.25) is 0 Å². The van der Waals surface area contributed by atoms with Gasteiger partial charge in [0.05, 0.1) is 10.3 Å². The van der Waals surface area contributed by atoms with Crippen LogP contribution in [0, 0.1) is 0 Å². The molecule has 0 aliphatic carbocycles. The molecule has 1 aliphatic rings. The average molecular weight is 434 g/mol. The van der Waals surface area contributed by atoms with E-state index in [1.807, 2.05) is 54.6 Å². The van der Waals surface area contributed by atoms with Crippen molar-refractivity contribution in [3.8, 4) is 0 Å². The van der Waals surface area contributed by atoms with Crippen molar-refractivity contribution in [3.05, 3.63) is 76.8 Å². The summed E-state index contributed by atoms with van der Waals surface area (Å²) >= 11 is 5.10. The predicted octanol–water partition coefficient (Wildman–Crippen LogP) is 5.04. The highest BCUT2D eigenvalue weighted by Gasteiger charge is 2.36. The molecule has 0 amide bonds. The van der Waals surface area contributed by atoms with Gasteiger partial charge < -0.3 is 0 Å². The molecular formula is C19H16BrNO2S2. The molecule has 0 spiro atoms. The van der Waals surface area contributed by atoms with Crippen molar-refractivity contribution in [2.75, 3.05) is 12.3 Å². The maximum Gasteiger partial charge on any atom is 0.244 e. The summed E-state index contributed by atoms with van der Waals surface area (Å²) in [6, 6.07) is 21.0. The molecule has 1 fully saturated rings. The Kier molecular flexibility index (Phi) is 4.62. The fraction of sp³-hybridized carbons (Fsp3) is 0.158. The van der Waals surface area contributed by atoms with E-state index in [2.05, 4.69) is 15.9 Å². The molecule has 128 valence electrons. The molecule has 4 rings (SSSR count). The highest BCUT2D eigenvalue weighted by molar-refractivity contribution is 9.10. The van der Waals surface area contributed by atoms with E-state index in [1.165, 1.54) is 0 Å². The number of hydrogen-bond acceptors (Lipinski definition) is 3. The van der Waals surface area contributed by atoms with Crippen LogP contribution in [0.1, 0.15) is 10.9 Å². The highest BCUT2D eigenvalue weighted by atomic mass is 79.9. The molecule has 0 radical (unpaired) electrons. The van der Waals surface area contributed by atoms with Gasteiger partial charge in [-0.25, -0.2) is 8.42 Å². The van der Waals surface area contributed by atoms with Crippen molar-refractivity contribution >= 4 is 48.5 Å². The second kappa shape index (κ2) is 6.76. The third-order valence-corrected chi connectivity index (χ3v) is 8.11. The van der Waals surface area contributed by atoms with E-state index in [1.54, 1.807) is 28.2 Å². The Labute approximate surface area is 160 Å². The lowest BCUT2D eigenvalue weighted by atomic mass is 10.1. The van der Waals surface area contributed by atoms with Gasteiger partial charge in [-0.05, 0) is 40.6 Å². The second-order valence-electron chi connectivity index (χ2n) is 5.90. The van der Waals surface area contributed by atoms with Crippen LogP contribution in [-0.2, 0) is 10.0 Å². The Morgan fingerprint density at radius 3 is 2.44 bits per heavy atom. The first kappa shape index (κ1) is 17.1. The van der Waals surface area contributed by atoms with E-state index in [0.717, 1.165) is 26.6 Å². The van der Waals surface area contributed by atoms with Gasteiger partial charge in [0.25, 0.3) is 0 Å². The van der Waals surface area contributed by atoms with Crippen molar-refractivity contribution in [1.82, 2.24) is 4.31 Å².